The molecule has 0 atom stereocenters. The summed E-state index contributed by atoms with van der Waals surface area (Å²) in [5, 5.41) is 11.5. The number of pyridine rings is 1. The molecule has 0 radical (unpaired) electrons. The zero-order valence-electron chi connectivity index (χ0n) is 14.3. The maximum absolute atomic E-state index is 10.4. The van der Waals surface area contributed by atoms with Gasteiger partial charge in [-0.1, -0.05) is 66.2 Å². The minimum absolute atomic E-state index is 0.0827. The lowest BCUT2D eigenvalue weighted by molar-refractivity contribution is 0.457. The van der Waals surface area contributed by atoms with Crippen LogP contribution in [-0.4, -0.2) is 10.1 Å². The Hall–Kier alpha value is -3.13. The van der Waals surface area contributed by atoms with Crippen molar-refractivity contribution in [3.05, 3.63) is 83.9 Å². The van der Waals surface area contributed by atoms with E-state index in [1.54, 1.807) is 0 Å². The van der Waals surface area contributed by atoms with Crippen LogP contribution in [0.4, 0.5) is 0 Å². The summed E-state index contributed by atoms with van der Waals surface area (Å²) in [7, 11) is 0. The molecular formula is C23H19NO. The number of aryl methyl sites for hydroxylation is 2. The number of benzene rings is 3. The third-order valence-corrected chi connectivity index (χ3v) is 4.67. The average molecular weight is 325 g/mol. The normalized spacial score (nSPS) is 11.0. The highest BCUT2D eigenvalue weighted by Crippen LogP contribution is 2.36. The van der Waals surface area contributed by atoms with Gasteiger partial charge in [-0.25, -0.2) is 4.98 Å². The highest BCUT2D eigenvalue weighted by Gasteiger charge is 2.14. The first kappa shape index (κ1) is 15.4. The summed E-state index contributed by atoms with van der Waals surface area (Å²) in [6, 6.07) is 24.6. The SMILES string of the molecule is Cc1ccc(-c2ccc3nc(O)c(-c4ccccc4)c(C)c3c2)cc1. The Labute approximate surface area is 147 Å². The Balaban J connectivity index is 1.94. The fraction of sp³-hybridized carbons (Fsp3) is 0.0870. The highest BCUT2D eigenvalue weighted by molar-refractivity contribution is 5.93. The van der Waals surface area contributed by atoms with Gasteiger partial charge in [0.2, 0.25) is 5.88 Å². The van der Waals surface area contributed by atoms with E-state index in [2.05, 4.69) is 48.3 Å². The second kappa shape index (κ2) is 6.06. The van der Waals surface area contributed by atoms with Crippen molar-refractivity contribution in [2.45, 2.75) is 13.8 Å². The number of fused-ring (bicyclic) bond motifs is 1. The number of rotatable bonds is 2. The molecule has 4 rings (SSSR count). The van der Waals surface area contributed by atoms with Crippen LogP contribution in [-0.2, 0) is 0 Å². The van der Waals surface area contributed by atoms with Gasteiger partial charge in [-0.15, -0.1) is 0 Å². The van der Waals surface area contributed by atoms with E-state index < -0.39 is 0 Å². The molecule has 0 aliphatic carbocycles. The summed E-state index contributed by atoms with van der Waals surface area (Å²) in [5.74, 6) is 0.0827. The Morgan fingerprint density at radius 1 is 0.720 bits per heavy atom. The average Bonchev–Trinajstić information content (AvgIpc) is 2.63. The van der Waals surface area contributed by atoms with Crippen molar-refractivity contribution in [2.75, 3.05) is 0 Å². The topological polar surface area (TPSA) is 33.1 Å². The number of hydrogen-bond donors (Lipinski definition) is 1. The van der Waals surface area contributed by atoms with Gasteiger partial charge in [0, 0.05) is 10.9 Å². The van der Waals surface area contributed by atoms with Crippen molar-refractivity contribution in [1.82, 2.24) is 4.98 Å². The van der Waals surface area contributed by atoms with Crippen LogP contribution in [0.3, 0.4) is 0 Å². The lowest BCUT2D eigenvalue weighted by atomic mass is 9.95. The summed E-state index contributed by atoms with van der Waals surface area (Å²) in [5.41, 5.74) is 7.22. The Kier molecular flexibility index (Phi) is 3.73. The standard InChI is InChI=1S/C23H19NO/c1-15-8-10-17(11-9-15)19-12-13-21-20(14-19)16(2)22(23(25)24-21)18-6-4-3-5-7-18/h3-14H,1-2H3,(H,24,25). The van der Waals surface area contributed by atoms with Gasteiger partial charge < -0.3 is 5.11 Å². The van der Waals surface area contributed by atoms with Crippen molar-refractivity contribution in [1.29, 1.82) is 0 Å². The van der Waals surface area contributed by atoms with E-state index in [0.29, 0.717) is 0 Å². The Morgan fingerprint density at radius 2 is 1.40 bits per heavy atom. The van der Waals surface area contributed by atoms with E-state index in [0.717, 1.165) is 33.2 Å². The molecule has 0 bridgehead atoms. The number of nitrogens with zero attached hydrogens (tertiary/aromatic N) is 1. The zero-order chi connectivity index (χ0) is 17.4. The van der Waals surface area contributed by atoms with Gasteiger partial charge in [0.1, 0.15) is 0 Å². The lowest BCUT2D eigenvalue weighted by Gasteiger charge is -2.13. The van der Waals surface area contributed by atoms with Crippen molar-refractivity contribution in [3.63, 3.8) is 0 Å². The van der Waals surface area contributed by atoms with Crippen LogP contribution in [0.15, 0.2) is 72.8 Å². The van der Waals surface area contributed by atoms with Gasteiger partial charge in [0.05, 0.1) is 5.52 Å². The molecule has 2 heteroatoms. The molecule has 0 amide bonds. The summed E-state index contributed by atoms with van der Waals surface area (Å²) in [6.45, 7) is 4.14. The van der Waals surface area contributed by atoms with Gasteiger partial charge in [0.25, 0.3) is 0 Å². The molecule has 1 heterocycles. The van der Waals surface area contributed by atoms with Crippen LogP contribution >= 0.6 is 0 Å². The number of hydrogen-bond acceptors (Lipinski definition) is 2. The maximum atomic E-state index is 10.4. The third-order valence-electron chi connectivity index (χ3n) is 4.67. The van der Waals surface area contributed by atoms with Gasteiger partial charge >= 0.3 is 0 Å². The zero-order valence-corrected chi connectivity index (χ0v) is 14.3. The van der Waals surface area contributed by atoms with E-state index in [9.17, 15) is 5.11 Å². The summed E-state index contributed by atoms with van der Waals surface area (Å²) >= 11 is 0. The molecule has 0 aliphatic heterocycles. The summed E-state index contributed by atoms with van der Waals surface area (Å²) < 4.78 is 0. The quantitative estimate of drug-likeness (QED) is 0.498. The summed E-state index contributed by atoms with van der Waals surface area (Å²) in [4.78, 5) is 4.42. The molecule has 0 saturated carbocycles. The molecular weight excluding hydrogens is 306 g/mol. The molecule has 0 fully saturated rings. The lowest BCUT2D eigenvalue weighted by Crippen LogP contribution is -1.91. The molecule has 1 aromatic heterocycles. The van der Waals surface area contributed by atoms with Crippen molar-refractivity contribution >= 4 is 10.9 Å². The fourth-order valence-corrected chi connectivity index (χ4v) is 3.28. The molecule has 122 valence electrons. The Morgan fingerprint density at radius 3 is 2.12 bits per heavy atom. The molecule has 25 heavy (non-hydrogen) atoms. The van der Waals surface area contributed by atoms with E-state index in [-0.39, 0.29) is 5.88 Å². The second-order valence-corrected chi connectivity index (χ2v) is 6.40. The second-order valence-electron chi connectivity index (χ2n) is 6.40. The smallest absolute Gasteiger partial charge is 0.219 e. The van der Waals surface area contributed by atoms with Gasteiger partial charge in [0.15, 0.2) is 0 Å². The predicted octanol–water partition coefficient (Wildman–Crippen LogP) is 5.89. The van der Waals surface area contributed by atoms with E-state index in [1.165, 1.54) is 11.1 Å². The van der Waals surface area contributed by atoms with Crippen LogP contribution in [0.25, 0.3) is 33.2 Å². The van der Waals surface area contributed by atoms with E-state index in [4.69, 9.17) is 0 Å². The van der Waals surface area contributed by atoms with E-state index >= 15 is 0 Å². The van der Waals surface area contributed by atoms with Crippen LogP contribution in [0.2, 0.25) is 0 Å². The molecule has 2 nitrogen and oxygen atoms in total. The molecule has 0 saturated heterocycles. The van der Waals surface area contributed by atoms with Crippen LogP contribution in [0.1, 0.15) is 11.1 Å². The van der Waals surface area contributed by atoms with Crippen LogP contribution in [0.5, 0.6) is 5.88 Å². The van der Waals surface area contributed by atoms with Gasteiger partial charge in [-0.3, -0.25) is 0 Å². The van der Waals surface area contributed by atoms with Crippen LogP contribution in [0, 0.1) is 13.8 Å². The monoisotopic (exact) mass is 325 g/mol. The fourth-order valence-electron chi connectivity index (χ4n) is 3.28. The Bertz CT molecular complexity index is 1050. The maximum Gasteiger partial charge on any atom is 0.219 e. The number of aromatic hydroxyl groups is 1. The first-order chi connectivity index (χ1) is 12.1. The predicted molar refractivity (Wildman–Crippen MR) is 104 cm³/mol. The minimum atomic E-state index is 0.0827. The van der Waals surface area contributed by atoms with E-state index in [1.807, 2.05) is 43.3 Å². The van der Waals surface area contributed by atoms with Gasteiger partial charge in [-0.05, 0) is 48.2 Å². The molecule has 1 N–H and O–H groups in total. The highest BCUT2D eigenvalue weighted by atomic mass is 16.3. The molecule has 3 aromatic carbocycles. The number of aromatic nitrogens is 1. The summed E-state index contributed by atoms with van der Waals surface area (Å²) in [6.07, 6.45) is 0. The van der Waals surface area contributed by atoms with Crippen molar-refractivity contribution < 1.29 is 5.11 Å². The molecule has 0 spiro atoms. The third kappa shape index (κ3) is 2.76. The van der Waals surface area contributed by atoms with Crippen molar-refractivity contribution in [3.8, 4) is 28.1 Å². The molecule has 0 aliphatic rings. The van der Waals surface area contributed by atoms with Gasteiger partial charge in [-0.2, -0.15) is 0 Å². The van der Waals surface area contributed by atoms with Crippen molar-refractivity contribution in [2.24, 2.45) is 0 Å². The first-order valence-electron chi connectivity index (χ1n) is 8.39. The molecule has 4 aromatic rings. The van der Waals surface area contributed by atoms with Crippen LogP contribution < -0.4 is 0 Å². The first-order valence-corrected chi connectivity index (χ1v) is 8.39. The minimum Gasteiger partial charge on any atom is -0.493 e. The largest absolute Gasteiger partial charge is 0.493 e. The molecule has 0 unspecified atom stereocenters.